The van der Waals surface area contributed by atoms with Gasteiger partial charge in [0, 0.05) is 43.7 Å². The van der Waals surface area contributed by atoms with Crippen molar-refractivity contribution in [2.45, 2.75) is 5.41 Å². The number of benzene rings is 10. The molecule has 10 aromatic carbocycles. The van der Waals surface area contributed by atoms with Gasteiger partial charge < -0.3 is 9.32 Å². The van der Waals surface area contributed by atoms with Crippen LogP contribution in [0.25, 0.3) is 75.1 Å². The monoisotopic (exact) mass is 807 g/mol. The molecule has 290 valence electrons. The van der Waals surface area contributed by atoms with Crippen LogP contribution >= 0.6 is 11.3 Å². The van der Waals surface area contributed by atoms with Gasteiger partial charge in [0.2, 0.25) is 0 Å². The Hall–Kier alpha value is -7.72. The summed E-state index contributed by atoms with van der Waals surface area (Å²) in [5.41, 5.74) is 14.4. The van der Waals surface area contributed by atoms with E-state index in [0.29, 0.717) is 0 Å². The molecule has 0 bridgehead atoms. The Morgan fingerprint density at radius 2 is 1.02 bits per heavy atom. The number of nitrogens with zero attached hydrogens (tertiary/aromatic N) is 1. The lowest BCUT2D eigenvalue weighted by atomic mass is 9.67. The van der Waals surface area contributed by atoms with Crippen LogP contribution in [0, 0.1) is 0 Å². The number of fused-ring (bicyclic) bond motifs is 11. The van der Waals surface area contributed by atoms with Crippen molar-refractivity contribution in [3.05, 3.63) is 247 Å². The first-order chi connectivity index (χ1) is 30.7. The van der Waals surface area contributed by atoms with E-state index in [4.69, 9.17) is 4.42 Å². The fourth-order valence-corrected chi connectivity index (χ4v) is 11.6. The van der Waals surface area contributed by atoms with Crippen molar-refractivity contribution in [1.82, 2.24) is 0 Å². The molecule has 1 aliphatic rings. The lowest BCUT2D eigenvalue weighted by Crippen LogP contribution is -2.29. The van der Waals surface area contributed by atoms with Crippen LogP contribution in [0.1, 0.15) is 22.3 Å². The van der Waals surface area contributed by atoms with Crippen molar-refractivity contribution in [2.24, 2.45) is 0 Å². The Labute approximate surface area is 363 Å². The van der Waals surface area contributed by atoms with E-state index in [1.807, 2.05) is 17.4 Å². The maximum absolute atomic E-state index is 6.61. The highest BCUT2D eigenvalue weighted by molar-refractivity contribution is 7.26. The average molecular weight is 808 g/mol. The molecule has 2 nitrogen and oxygen atoms in total. The van der Waals surface area contributed by atoms with Crippen LogP contribution in [0.15, 0.2) is 229 Å². The van der Waals surface area contributed by atoms with Gasteiger partial charge in [0.25, 0.3) is 0 Å². The highest BCUT2D eigenvalue weighted by atomic mass is 32.1. The number of hydrogen-bond acceptors (Lipinski definition) is 3. The molecule has 0 spiro atoms. The second-order valence-corrected chi connectivity index (χ2v) is 17.4. The van der Waals surface area contributed by atoms with E-state index in [0.717, 1.165) is 39.0 Å². The van der Waals surface area contributed by atoms with Crippen molar-refractivity contribution in [2.75, 3.05) is 4.90 Å². The molecule has 2 aromatic heterocycles. The molecule has 62 heavy (non-hydrogen) atoms. The molecule has 1 aliphatic carbocycles. The third-order valence-corrected chi connectivity index (χ3v) is 14.3. The summed E-state index contributed by atoms with van der Waals surface area (Å²) in [6.45, 7) is 0. The first-order valence-electron chi connectivity index (χ1n) is 21.2. The van der Waals surface area contributed by atoms with Crippen LogP contribution in [-0.4, -0.2) is 0 Å². The third-order valence-electron chi connectivity index (χ3n) is 13.1. The number of para-hydroxylation sites is 1. The van der Waals surface area contributed by atoms with Crippen LogP contribution in [0.3, 0.4) is 0 Å². The lowest BCUT2D eigenvalue weighted by Gasteiger charge is -2.35. The van der Waals surface area contributed by atoms with Gasteiger partial charge >= 0.3 is 0 Å². The van der Waals surface area contributed by atoms with E-state index in [2.05, 4.69) is 223 Å². The van der Waals surface area contributed by atoms with E-state index in [1.54, 1.807) is 0 Å². The fraction of sp³-hybridized carbons (Fsp3) is 0.0169. The summed E-state index contributed by atoms with van der Waals surface area (Å²) in [6.07, 6.45) is 0. The summed E-state index contributed by atoms with van der Waals surface area (Å²) < 4.78 is 9.11. The van der Waals surface area contributed by atoms with E-state index < -0.39 is 5.41 Å². The average Bonchev–Trinajstić information content (AvgIpc) is 4.01. The van der Waals surface area contributed by atoms with Gasteiger partial charge in [-0.25, -0.2) is 0 Å². The highest BCUT2D eigenvalue weighted by Crippen LogP contribution is 2.58. The van der Waals surface area contributed by atoms with Gasteiger partial charge in [0.05, 0.1) is 15.8 Å². The number of rotatable bonds is 6. The Balaban J connectivity index is 1.17. The molecule has 0 aliphatic heterocycles. The third kappa shape index (κ3) is 5.09. The topological polar surface area (TPSA) is 16.4 Å². The van der Waals surface area contributed by atoms with Gasteiger partial charge in [-0.3, -0.25) is 0 Å². The van der Waals surface area contributed by atoms with E-state index in [1.165, 1.54) is 75.5 Å². The molecule has 0 atom stereocenters. The molecule has 3 heteroatoms. The second kappa shape index (κ2) is 13.7. The maximum Gasteiger partial charge on any atom is 0.137 e. The predicted octanol–water partition coefficient (Wildman–Crippen LogP) is 16.6. The first kappa shape index (κ1) is 35.1. The predicted molar refractivity (Wildman–Crippen MR) is 262 cm³/mol. The zero-order valence-corrected chi connectivity index (χ0v) is 34.4. The first-order valence-corrected chi connectivity index (χ1v) is 22.1. The molecular weight excluding hydrogens is 771 g/mol. The van der Waals surface area contributed by atoms with Crippen molar-refractivity contribution < 1.29 is 4.42 Å². The van der Waals surface area contributed by atoms with Gasteiger partial charge in [-0.15, -0.1) is 11.3 Å². The molecule has 0 N–H and O–H groups in total. The Kier molecular flexibility index (Phi) is 7.72. The van der Waals surface area contributed by atoms with Crippen LogP contribution in [0.2, 0.25) is 0 Å². The second-order valence-electron chi connectivity index (χ2n) is 16.4. The van der Waals surface area contributed by atoms with Crippen LogP contribution in [-0.2, 0) is 5.41 Å². The van der Waals surface area contributed by atoms with Gasteiger partial charge in [0.1, 0.15) is 11.2 Å². The standard InChI is InChI=1S/C59H37NOS/c1-3-15-38(16-4-1)39-27-30-43(31-28-39)60(44-32-33-49-48-23-11-14-26-54(48)61-55(49)37-44)53-36-42(35-50-57-45-20-8-7-17-40(45)29-34-56(57)62-58(50)53)59(41-18-5-2-6-19-41)51-24-12-9-21-46(51)47-22-10-13-25-52(47)59/h1-37H. The van der Waals surface area contributed by atoms with Gasteiger partial charge in [0.15, 0.2) is 0 Å². The molecule has 12 aromatic rings. The summed E-state index contributed by atoms with van der Waals surface area (Å²) in [5, 5.41) is 7.28. The van der Waals surface area contributed by atoms with Crippen molar-refractivity contribution in [3.8, 4) is 22.3 Å². The van der Waals surface area contributed by atoms with E-state index >= 15 is 0 Å². The minimum atomic E-state index is -0.595. The van der Waals surface area contributed by atoms with Crippen molar-refractivity contribution in [3.63, 3.8) is 0 Å². The van der Waals surface area contributed by atoms with E-state index in [-0.39, 0.29) is 0 Å². The molecule has 0 saturated carbocycles. The van der Waals surface area contributed by atoms with Crippen LogP contribution < -0.4 is 4.90 Å². The Morgan fingerprint density at radius 1 is 0.403 bits per heavy atom. The maximum atomic E-state index is 6.61. The zero-order valence-electron chi connectivity index (χ0n) is 33.6. The van der Waals surface area contributed by atoms with Crippen molar-refractivity contribution >= 4 is 81.3 Å². The summed E-state index contributed by atoms with van der Waals surface area (Å²) in [4.78, 5) is 2.47. The number of hydrogen-bond donors (Lipinski definition) is 0. The smallest absolute Gasteiger partial charge is 0.137 e. The van der Waals surface area contributed by atoms with Crippen molar-refractivity contribution in [1.29, 1.82) is 0 Å². The Bertz CT molecular complexity index is 3650. The van der Waals surface area contributed by atoms with Gasteiger partial charge in [-0.2, -0.15) is 0 Å². The van der Waals surface area contributed by atoms with Gasteiger partial charge in [-0.1, -0.05) is 170 Å². The fourth-order valence-electron chi connectivity index (χ4n) is 10.4. The number of thiophene rings is 1. The Morgan fingerprint density at radius 3 is 1.79 bits per heavy atom. The normalized spacial score (nSPS) is 13.0. The SMILES string of the molecule is c1ccc(-c2ccc(N(c3ccc4c(c3)oc3ccccc34)c3cc(C4(c5ccccc5)c5ccccc5-c5ccccc54)cc4c3sc3ccc5ccccc5c34)cc2)cc1. The molecule has 13 rings (SSSR count). The van der Waals surface area contributed by atoms with Crippen LogP contribution in [0.5, 0.6) is 0 Å². The molecule has 0 fully saturated rings. The number of furan rings is 1. The summed E-state index contributed by atoms with van der Waals surface area (Å²) in [7, 11) is 0. The van der Waals surface area contributed by atoms with E-state index in [9.17, 15) is 0 Å². The molecule has 0 saturated heterocycles. The molecule has 0 unspecified atom stereocenters. The number of anilines is 3. The molecule has 2 heterocycles. The largest absolute Gasteiger partial charge is 0.456 e. The zero-order chi connectivity index (χ0) is 40.8. The molecular formula is C59H37NOS. The summed E-state index contributed by atoms with van der Waals surface area (Å²) >= 11 is 1.88. The quantitative estimate of drug-likeness (QED) is 0.166. The summed E-state index contributed by atoms with van der Waals surface area (Å²) in [6, 6.07) is 82.5. The summed E-state index contributed by atoms with van der Waals surface area (Å²) in [5.74, 6) is 0. The minimum absolute atomic E-state index is 0.595. The minimum Gasteiger partial charge on any atom is -0.456 e. The molecule has 0 radical (unpaired) electrons. The molecule has 0 amide bonds. The van der Waals surface area contributed by atoms with Gasteiger partial charge in [-0.05, 0) is 104 Å². The highest BCUT2D eigenvalue weighted by Gasteiger charge is 2.46. The lowest BCUT2D eigenvalue weighted by molar-refractivity contribution is 0.669. The van der Waals surface area contributed by atoms with Crippen LogP contribution in [0.4, 0.5) is 17.1 Å².